The van der Waals surface area contributed by atoms with Crippen molar-refractivity contribution in [2.24, 2.45) is 5.92 Å². The summed E-state index contributed by atoms with van der Waals surface area (Å²) < 4.78 is 0. The summed E-state index contributed by atoms with van der Waals surface area (Å²) in [5.74, 6) is -0.352. The highest BCUT2D eigenvalue weighted by atomic mass is 32.2. The molecule has 3 aromatic rings. The number of rotatable bonds is 10. The maximum Gasteiger partial charge on any atom is 0.243 e. The van der Waals surface area contributed by atoms with E-state index >= 15 is 0 Å². The number of hydrogen-bond donors (Lipinski definition) is 2. The number of anilines is 1. The van der Waals surface area contributed by atoms with Gasteiger partial charge in [0.05, 0.1) is 5.92 Å². The lowest BCUT2D eigenvalue weighted by Crippen LogP contribution is -2.28. The predicted molar refractivity (Wildman–Crippen MR) is 122 cm³/mol. The standard InChI is InChI=1S/C22H24N6O3S/c1-16(29)32-14-19(10-17-6-3-2-4-7-17)22(31)26-20-9-5-8-18(11-20)12-23-21(30)13-28-25-15-24-27-28/h2-9,11,15,19H,10,12-14H2,1H3,(H,23,30)(H,26,31). The second kappa shape index (κ2) is 11.8. The first-order valence-electron chi connectivity index (χ1n) is 10.0. The summed E-state index contributed by atoms with van der Waals surface area (Å²) in [6, 6.07) is 17.0. The number of nitrogens with one attached hydrogen (secondary N) is 2. The summed E-state index contributed by atoms with van der Waals surface area (Å²) in [7, 11) is 0. The molecule has 0 radical (unpaired) electrons. The summed E-state index contributed by atoms with van der Waals surface area (Å²) in [5.41, 5.74) is 2.50. The van der Waals surface area contributed by atoms with Crippen LogP contribution in [0.1, 0.15) is 18.1 Å². The largest absolute Gasteiger partial charge is 0.350 e. The lowest BCUT2D eigenvalue weighted by molar-refractivity contribution is -0.122. The fourth-order valence-corrected chi connectivity index (χ4v) is 3.70. The van der Waals surface area contributed by atoms with Gasteiger partial charge in [-0.05, 0) is 34.9 Å². The molecule has 0 bridgehead atoms. The predicted octanol–water partition coefficient (Wildman–Crippen LogP) is 2.07. The van der Waals surface area contributed by atoms with Crippen molar-refractivity contribution in [3.05, 3.63) is 72.1 Å². The van der Waals surface area contributed by atoms with Gasteiger partial charge in [0.1, 0.15) is 6.54 Å². The summed E-state index contributed by atoms with van der Waals surface area (Å²) >= 11 is 1.15. The van der Waals surface area contributed by atoms with E-state index in [1.165, 1.54) is 18.0 Å². The summed E-state index contributed by atoms with van der Waals surface area (Å²) in [6.07, 6.45) is 1.80. The van der Waals surface area contributed by atoms with Crippen LogP contribution in [-0.2, 0) is 33.9 Å². The van der Waals surface area contributed by atoms with E-state index in [4.69, 9.17) is 0 Å². The van der Waals surface area contributed by atoms with E-state index in [1.807, 2.05) is 48.5 Å². The smallest absolute Gasteiger partial charge is 0.243 e. The number of thioether (sulfide) groups is 1. The van der Waals surface area contributed by atoms with Crippen LogP contribution in [0.4, 0.5) is 5.69 Å². The first kappa shape index (κ1) is 23.1. The average Bonchev–Trinajstić information content (AvgIpc) is 3.29. The maximum atomic E-state index is 13.0. The van der Waals surface area contributed by atoms with Crippen LogP contribution >= 0.6 is 11.8 Å². The van der Waals surface area contributed by atoms with Crippen molar-refractivity contribution in [3.63, 3.8) is 0 Å². The molecule has 2 aromatic carbocycles. The molecule has 2 N–H and O–H groups in total. The van der Waals surface area contributed by atoms with E-state index < -0.39 is 0 Å². The number of benzene rings is 2. The van der Waals surface area contributed by atoms with Gasteiger partial charge in [-0.2, -0.15) is 4.80 Å². The number of tetrazole rings is 1. The molecule has 2 amide bonds. The van der Waals surface area contributed by atoms with E-state index in [9.17, 15) is 14.4 Å². The normalized spacial score (nSPS) is 11.5. The van der Waals surface area contributed by atoms with Crippen LogP contribution in [0, 0.1) is 5.92 Å². The first-order valence-corrected chi connectivity index (χ1v) is 11.0. The number of amides is 2. The minimum Gasteiger partial charge on any atom is -0.350 e. The maximum absolute atomic E-state index is 13.0. The third-order valence-electron chi connectivity index (χ3n) is 4.54. The number of nitrogens with zero attached hydrogens (tertiary/aromatic N) is 4. The van der Waals surface area contributed by atoms with Crippen LogP contribution < -0.4 is 10.6 Å². The molecule has 10 heteroatoms. The fourth-order valence-electron chi connectivity index (χ4n) is 2.99. The Morgan fingerprint density at radius 3 is 2.56 bits per heavy atom. The molecule has 0 saturated heterocycles. The van der Waals surface area contributed by atoms with Crippen molar-refractivity contribution in [1.82, 2.24) is 25.5 Å². The number of hydrogen-bond acceptors (Lipinski definition) is 7. The molecule has 32 heavy (non-hydrogen) atoms. The van der Waals surface area contributed by atoms with Crippen LogP contribution in [0.2, 0.25) is 0 Å². The molecule has 1 unspecified atom stereocenters. The zero-order valence-electron chi connectivity index (χ0n) is 17.6. The Balaban J connectivity index is 1.59. The van der Waals surface area contributed by atoms with Crippen LogP contribution in [0.15, 0.2) is 60.9 Å². The quantitative estimate of drug-likeness (QED) is 0.483. The topological polar surface area (TPSA) is 119 Å². The van der Waals surface area contributed by atoms with E-state index in [0.29, 0.717) is 24.4 Å². The summed E-state index contributed by atoms with van der Waals surface area (Å²) in [4.78, 5) is 37.6. The number of carbonyl (C=O) groups excluding carboxylic acids is 3. The van der Waals surface area contributed by atoms with Crippen molar-refractivity contribution < 1.29 is 14.4 Å². The Bertz CT molecular complexity index is 1040. The van der Waals surface area contributed by atoms with Crippen LogP contribution in [-0.4, -0.2) is 42.9 Å². The van der Waals surface area contributed by atoms with Crippen molar-refractivity contribution >= 4 is 34.4 Å². The molecular weight excluding hydrogens is 428 g/mol. The number of carbonyl (C=O) groups is 3. The molecule has 0 saturated carbocycles. The molecular formula is C22H24N6O3S. The van der Waals surface area contributed by atoms with Gasteiger partial charge in [0.25, 0.3) is 0 Å². The van der Waals surface area contributed by atoms with Gasteiger partial charge in [0.2, 0.25) is 11.8 Å². The van der Waals surface area contributed by atoms with Crippen molar-refractivity contribution in [2.75, 3.05) is 11.1 Å². The van der Waals surface area contributed by atoms with E-state index in [2.05, 4.69) is 26.0 Å². The molecule has 1 atom stereocenters. The highest BCUT2D eigenvalue weighted by Gasteiger charge is 2.20. The van der Waals surface area contributed by atoms with Gasteiger partial charge in [-0.25, -0.2) is 0 Å². The van der Waals surface area contributed by atoms with Gasteiger partial charge in [0.15, 0.2) is 11.4 Å². The third-order valence-corrected chi connectivity index (χ3v) is 5.52. The molecule has 3 rings (SSSR count). The molecule has 0 fully saturated rings. The molecule has 1 heterocycles. The van der Waals surface area contributed by atoms with Crippen molar-refractivity contribution in [1.29, 1.82) is 0 Å². The van der Waals surface area contributed by atoms with E-state index in [-0.39, 0.29) is 29.4 Å². The van der Waals surface area contributed by atoms with Crippen LogP contribution in [0.5, 0.6) is 0 Å². The highest BCUT2D eigenvalue weighted by molar-refractivity contribution is 8.13. The second-order valence-corrected chi connectivity index (χ2v) is 8.32. The Morgan fingerprint density at radius 2 is 1.84 bits per heavy atom. The molecule has 1 aromatic heterocycles. The molecule has 0 aliphatic rings. The molecule has 0 aliphatic heterocycles. The van der Waals surface area contributed by atoms with Gasteiger partial charge >= 0.3 is 0 Å². The summed E-state index contributed by atoms with van der Waals surface area (Å²) in [5, 5.41) is 16.7. The van der Waals surface area contributed by atoms with Gasteiger partial charge in [-0.3, -0.25) is 14.4 Å². The fraction of sp³-hybridized carbons (Fsp3) is 0.273. The lowest BCUT2D eigenvalue weighted by atomic mass is 10.00. The monoisotopic (exact) mass is 452 g/mol. The molecule has 9 nitrogen and oxygen atoms in total. The first-order chi connectivity index (χ1) is 15.5. The Labute approximate surface area is 190 Å². The number of aromatic nitrogens is 4. The minimum absolute atomic E-state index is 0.0188. The molecule has 0 spiro atoms. The average molecular weight is 453 g/mol. The van der Waals surface area contributed by atoms with Crippen molar-refractivity contribution in [2.45, 2.75) is 26.4 Å². The van der Waals surface area contributed by atoms with Gasteiger partial charge in [0, 0.05) is 24.9 Å². The zero-order chi connectivity index (χ0) is 22.8. The van der Waals surface area contributed by atoms with Crippen LogP contribution in [0.3, 0.4) is 0 Å². The van der Waals surface area contributed by atoms with E-state index in [0.717, 1.165) is 22.9 Å². The van der Waals surface area contributed by atoms with Gasteiger partial charge in [-0.15, -0.1) is 10.2 Å². The van der Waals surface area contributed by atoms with Crippen LogP contribution in [0.25, 0.3) is 0 Å². The molecule has 166 valence electrons. The zero-order valence-corrected chi connectivity index (χ0v) is 18.4. The lowest BCUT2D eigenvalue weighted by Gasteiger charge is -2.17. The molecule has 0 aliphatic carbocycles. The van der Waals surface area contributed by atoms with Crippen molar-refractivity contribution in [3.8, 4) is 0 Å². The van der Waals surface area contributed by atoms with E-state index in [1.54, 1.807) is 6.07 Å². The third kappa shape index (κ3) is 7.62. The Morgan fingerprint density at radius 1 is 1.06 bits per heavy atom. The second-order valence-electron chi connectivity index (χ2n) is 7.12. The SMILES string of the molecule is CC(=O)SCC(Cc1ccccc1)C(=O)Nc1cccc(CNC(=O)Cn2ncnn2)c1. The van der Waals surface area contributed by atoms with Gasteiger partial charge < -0.3 is 10.6 Å². The Kier molecular flexibility index (Phi) is 8.50. The van der Waals surface area contributed by atoms with Gasteiger partial charge in [-0.1, -0.05) is 54.2 Å². The minimum atomic E-state index is -0.357. The highest BCUT2D eigenvalue weighted by Crippen LogP contribution is 2.19. The Hall–Kier alpha value is -3.53. The summed E-state index contributed by atoms with van der Waals surface area (Å²) in [6.45, 7) is 1.77.